The zero-order valence-corrected chi connectivity index (χ0v) is 13.9. The molecule has 106 valence electrons. The zero-order chi connectivity index (χ0) is 14.9. The normalized spacial score (nSPS) is 12.5. The molecule has 0 radical (unpaired) electrons. The van der Waals surface area contributed by atoms with Crippen LogP contribution in [0.3, 0.4) is 0 Å². The second kappa shape index (κ2) is 6.25. The molecule has 4 heteroatoms. The van der Waals surface area contributed by atoms with Crippen LogP contribution in [0.25, 0.3) is 0 Å². The largest absolute Gasteiger partial charge is 0.309 e. The van der Waals surface area contributed by atoms with Crippen LogP contribution in [0.5, 0.6) is 0 Å². The van der Waals surface area contributed by atoms with E-state index < -0.39 is 0 Å². The monoisotopic (exact) mass is 355 g/mol. The smallest absolute Gasteiger partial charge is 0.123 e. The summed E-state index contributed by atoms with van der Waals surface area (Å²) in [5.41, 5.74) is 4.06. The second-order valence-corrected chi connectivity index (χ2v) is 6.11. The Hall–Kier alpha value is -0.900. The SMILES string of the molecule is CNC(c1cc(C)c(Cl)cc1C)c1cc(F)ccc1Br. The first-order valence-electron chi connectivity index (χ1n) is 6.33. The number of benzene rings is 2. The minimum absolute atomic E-state index is 0.0870. The van der Waals surface area contributed by atoms with E-state index in [-0.39, 0.29) is 11.9 Å². The first-order chi connectivity index (χ1) is 9.43. The van der Waals surface area contributed by atoms with Crippen molar-refractivity contribution in [3.05, 3.63) is 67.9 Å². The molecule has 0 saturated carbocycles. The van der Waals surface area contributed by atoms with Gasteiger partial charge in [-0.15, -0.1) is 0 Å². The Balaban J connectivity index is 2.58. The predicted molar refractivity (Wildman–Crippen MR) is 85.9 cm³/mol. The van der Waals surface area contributed by atoms with Gasteiger partial charge in [-0.3, -0.25) is 0 Å². The van der Waals surface area contributed by atoms with Gasteiger partial charge in [0.1, 0.15) is 5.82 Å². The number of aryl methyl sites for hydroxylation is 2. The summed E-state index contributed by atoms with van der Waals surface area (Å²) in [4.78, 5) is 0. The standard InChI is InChI=1S/C16H16BrClFN/c1-9-7-15(18)10(2)6-12(9)16(20-3)13-8-11(19)4-5-14(13)17/h4-8,16,20H,1-3H3. The maximum Gasteiger partial charge on any atom is 0.123 e. The highest BCUT2D eigenvalue weighted by Crippen LogP contribution is 2.33. The lowest BCUT2D eigenvalue weighted by Gasteiger charge is -2.22. The molecule has 1 nitrogen and oxygen atoms in total. The first-order valence-corrected chi connectivity index (χ1v) is 7.50. The van der Waals surface area contributed by atoms with Crippen LogP contribution in [0.15, 0.2) is 34.8 Å². The van der Waals surface area contributed by atoms with Crippen LogP contribution in [0.1, 0.15) is 28.3 Å². The maximum absolute atomic E-state index is 13.5. The van der Waals surface area contributed by atoms with E-state index in [1.165, 1.54) is 6.07 Å². The molecule has 2 aromatic rings. The van der Waals surface area contributed by atoms with Crippen LogP contribution in [-0.2, 0) is 0 Å². The molecule has 1 N–H and O–H groups in total. The number of rotatable bonds is 3. The van der Waals surface area contributed by atoms with E-state index >= 15 is 0 Å². The van der Waals surface area contributed by atoms with Gasteiger partial charge in [0.05, 0.1) is 6.04 Å². The first kappa shape index (κ1) is 15.5. The molecule has 1 atom stereocenters. The molecule has 0 aliphatic heterocycles. The quantitative estimate of drug-likeness (QED) is 0.800. The van der Waals surface area contributed by atoms with Crippen molar-refractivity contribution in [3.8, 4) is 0 Å². The van der Waals surface area contributed by atoms with E-state index in [4.69, 9.17) is 11.6 Å². The lowest BCUT2D eigenvalue weighted by atomic mass is 9.93. The molecule has 0 aliphatic rings. The summed E-state index contributed by atoms with van der Waals surface area (Å²) >= 11 is 9.64. The average Bonchev–Trinajstić information content (AvgIpc) is 2.40. The molecular weight excluding hydrogens is 341 g/mol. The fraction of sp³-hybridized carbons (Fsp3) is 0.250. The Morgan fingerprint density at radius 1 is 1.10 bits per heavy atom. The summed E-state index contributed by atoms with van der Waals surface area (Å²) in [6.07, 6.45) is 0. The van der Waals surface area contributed by atoms with E-state index in [0.717, 1.165) is 31.7 Å². The van der Waals surface area contributed by atoms with Crippen molar-refractivity contribution < 1.29 is 4.39 Å². The van der Waals surface area contributed by atoms with Crippen LogP contribution >= 0.6 is 27.5 Å². The molecular formula is C16H16BrClFN. The molecule has 0 aromatic heterocycles. The fourth-order valence-electron chi connectivity index (χ4n) is 2.33. The fourth-order valence-corrected chi connectivity index (χ4v) is 3.02. The molecule has 0 heterocycles. The van der Waals surface area contributed by atoms with Crippen molar-refractivity contribution in [3.63, 3.8) is 0 Å². The van der Waals surface area contributed by atoms with Crippen LogP contribution in [0, 0.1) is 19.7 Å². The predicted octanol–water partition coefficient (Wildman–Crippen LogP) is 5.17. The number of halogens is 3. The van der Waals surface area contributed by atoms with Gasteiger partial charge in [0.2, 0.25) is 0 Å². The van der Waals surface area contributed by atoms with Crippen LogP contribution in [0.2, 0.25) is 5.02 Å². The van der Waals surface area contributed by atoms with Crippen LogP contribution < -0.4 is 5.32 Å². The molecule has 0 bridgehead atoms. The van der Waals surface area contributed by atoms with E-state index in [0.29, 0.717) is 0 Å². The van der Waals surface area contributed by atoms with E-state index in [1.54, 1.807) is 12.1 Å². The summed E-state index contributed by atoms with van der Waals surface area (Å²) in [6.45, 7) is 3.98. The molecule has 2 aromatic carbocycles. The third-order valence-electron chi connectivity index (χ3n) is 3.42. The van der Waals surface area contributed by atoms with Gasteiger partial charge in [-0.1, -0.05) is 33.6 Å². The topological polar surface area (TPSA) is 12.0 Å². The molecule has 0 amide bonds. The number of nitrogens with one attached hydrogen (secondary N) is 1. The molecule has 20 heavy (non-hydrogen) atoms. The Labute approximate surface area is 132 Å². The van der Waals surface area contributed by atoms with Crippen LogP contribution in [-0.4, -0.2) is 7.05 Å². The highest BCUT2D eigenvalue weighted by Gasteiger charge is 2.18. The molecule has 0 spiro atoms. The minimum Gasteiger partial charge on any atom is -0.309 e. The van der Waals surface area contributed by atoms with Gasteiger partial charge in [0.25, 0.3) is 0 Å². The lowest BCUT2D eigenvalue weighted by Crippen LogP contribution is -2.19. The third-order valence-corrected chi connectivity index (χ3v) is 4.55. The van der Waals surface area contributed by atoms with Gasteiger partial charge in [-0.05, 0) is 67.4 Å². The van der Waals surface area contributed by atoms with Crippen molar-refractivity contribution in [2.45, 2.75) is 19.9 Å². The summed E-state index contributed by atoms with van der Waals surface area (Å²) in [7, 11) is 1.87. The highest BCUT2D eigenvalue weighted by atomic mass is 79.9. The maximum atomic E-state index is 13.5. The van der Waals surface area contributed by atoms with Gasteiger partial charge in [0, 0.05) is 9.50 Å². The van der Waals surface area contributed by atoms with Crippen molar-refractivity contribution in [1.82, 2.24) is 5.32 Å². The van der Waals surface area contributed by atoms with Crippen molar-refractivity contribution in [1.29, 1.82) is 0 Å². The minimum atomic E-state index is -0.244. The van der Waals surface area contributed by atoms with Crippen molar-refractivity contribution in [2.24, 2.45) is 0 Å². The zero-order valence-electron chi connectivity index (χ0n) is 11.6. The number of hydrogen-bond acceptors (Lipinski definition) is 1. The van der Waals surface area contributed by atoms with Gasteiger partial charge in [-0.2, -0.15) is 0 Å². The molecule has 0 aliphatic carbocycles. The Kier molecular flexibility index (Phi) is 4.84. The summed E-state index contributed by atoms with van der Waals surface area (Å²) in [5.74, 6) is -0.244. The molecule has 2 rings (SSSR count). The Morgan fingerprint density at radius 2 is 1.80 bits per heavy atom. The number of hydrogen-bond donors (Lipinski definition) is 1. The van der Waals surface area contributed by atoms with Gasteiger partial charge < -0.3 is 5.32 Å². The lowest BCUT2D eigenvalue weighted by molar-refractivity contribution is 0.615. The van der Waals surface area contributed by atoms with E-state index in [1.807, 2.05) is 27.0 Å². The van der Waals surface area contributed by atoms with E-state index in [9.17, 15) is 4.39 Å². The molecule has 0 fully saturated rings. The highest BCUT2D eigenvalue weighted by molar-refractivity contribution is 9.10. The van der Waals surface area contributed by atoms with Gasteiger partial charge >= 0.3 is 0 Å². The molecule has 1 unspecified atom stereocenters. The Morgan fingerprint density at radius 3 is 2.45 bits per heavy atom. The molecule has 0 saturated heterocycles. The average molecular weight is 357 g/mol. The van der Waals surface area contributed by atoms with Crippen LogP contribution in [0.4, 0.5) is 4.39 Å². The van der Waals surface area contributed by atoms with E-state index in [2.05, 4.69) is 27.3 Å². The van der Waals surface area contributed by atoms with Crippen molar-refractivity contribution >= 4 is 27.5 Å². The third kappa shape index (κ3) is 3.05. The summed E-state index contributed by atoms with van der Waals surface area (Å²) in [5, 5.41) is 4.00. The second-order valence-electron chi connectivity index (χ2n) is 4.85. The Bertz CT molecular complexity index is 643. The summed E-state index contributed by atoms with van der Waals surface area (Å²) < 4.78 is 14.4. The summed E-state index contributed by atoms with van der Waals surface area (Å²) in [6, 6.07) is 8.64. The van der Waals surface area contributed by atoms with Crippen molar-refractivity contribution in [2.75, 3.05) is 7.05 Å². The van der Waals surface area contributed by atoms with Gasteiger partial charge in [0.15, 0.2) is 0 Å². The van der Waals surface area contributed by atoms with Gasteiger partial charge in [-0.25, -0.2) is 4.39 Å².